The summed E-state index contributed by atoms with van der Waals surface area (Å²) in [6.07, 6.45) is 0.453. The lowest BCUT2D eigenvalue weighted by Gasteiger charge is -2.24. The molecule has 2 rings (SSSR count). The molecule has 1 aliphatic heterocycles. The Kier molecular flexibility index (Phi) is 2.72. The third kappa shape index (κ3) is 1.83. The molecule has 0 spiro atoms. The van der Waals surface area contributed by atoms with E-state index in [1.54, 1.807) is 4.90 Å². The second kappa shape index (κ2) is 3.91. The van der Waals surface area contributed by atoms with Crippen molar-refractivity contribution in [3.63, 3.8) is 0 Å². The van der Waals surface area contributed by atoms with Crippen LogP contribution in [0.3, 0.4) is 0 Å². The van der Waals surface area contributed by atoms with Gasteiger partial charge in [0.1, 0.15) is 0 Å². The summed E-state index contributed by atoms with van der Waals surface area (Å²) >= 11 is 0. The minimum atomic E-state index is -0.0845. The normalized spacial score (nSPS) is 25.2. The highest BCUT2D eigenvalue weighted by atomic mass is 16.2. The number of carbonyl (C=O) groups is 1. The molecule has 3 heteroatoms. The molecule has 86 valence electrons. The Morgan fingerprint density at radius 2 is 1.81 bits per heavy atom. The van der Waals surface area contributed by atoms with Crippen LogP contribution in [0.5, 0.6) is 0 Å². The predicted octanol–water partition coefficient (Wildman–Crippen LogP) is 1.53. The summed E-state index contributed by atoms with van der Waals surface area (Å²) in [6.45, 7) is 4.14. The Morgan fingerprint density at radius 3 is 2.25 bits per heavy atom. The highest BCUT2D eigenvalue weighted by molar-refractivity contribution is 5.80. The molecule has 0 bridgehead atoms. The highest BCUT2D eigenvalue weighted by Crippen LogP contribution is 2.31. The molecule has 1 amide bonds. The Labute approximate surface area is 96.2 Å². The molecule has 3 nitrogen and oxygen atoms in total. The molecule has 1 heterocycles. The first-order valence-electron chi connectivity index (χ1n) is 5.58. The zero-order chi connectivity index (χ0) is 11.9. The fraction of sp³-hybridized carbons (Fsp3) is 0.462. The molecule has 0 radical (unpaired) electrons. The lowest BCUT2D eigenvalue weighted by atomic mass is 9.97. The number of likely N-dealkylation sites (N-methyl/N-ethyl adjacent to an activating group) is 1. The molecular weight excluding hydrogens is 200 g/mol. The standard InChI is InChI=1S/C13H18N2O/c1-8-4-9(2)6-10(5-8)13-11(14)7-12(16)15(13)3/h4-6,11,13H,7,14H2,1-3H3/t11-,13+/m0/s1. The molecule has 16 heavy (non-hydrogen) atoms. The van der Waals surface area contributed by atoms with Crippen LogP contribution >= 0.6 is 0 Å². The number of hydrogen-bond acceptors (Lipinski definition) is 2. The number of rotatable bonds is 1. The Hall–Kier alpha value is -1.35. The summed E-state index contributed by atoms with van der Waals surface area (Å²) < 4.78 is 0. The third-order valence-electron chi connectivity index (χ3n) is 3.21. The maximum Gasteiger partial charge on any atom is 0.224 e. The number of benzene rings is 1. The number of nitrogens with two attached hydrogens (primary N) is 1. The smallest absolute Gasteiger partial charge is 0.224 e. The van der Waals surface area contributed by atoms with Crippen LogP contribution in [0.1, 0.15) is 29.2 Å². The first kappa shape index (κ1) is 11.1. The SMILES string of the molecule is Cc1cc(C)cc([C@@H]2[C@@H](N)CC(=O)N2C)c1. The first-order chi connectivity index (χ1) is 7.49. The summed E-state index contributed by atoms with van der Waals surface area (Å²) in [5.74, 6) is 0.136. The van der Waals surface area contributed by atoms with Gasteiger partial charge in [-0.15, -0.1) is 0 Å². The van der Waals surface area contributed by atoms with Gasteiger partial charge in [-0.2, -0.15) is 0 Å². The van der Waals surface area contributed by atoms with Crippen LogP contribution < -0.4 is 5.73 Å². The fourth-order valence-corrected chi connectivity index (χ4v) is 2.55. The van der Waals surface area contributed by atoms with Crippen LogP contribution in [0, 0.1) is 13.8 Å². The molecule has 1 aliphatic rings. The summed E-state index contributed by atoms with van der Waals surface area (Å²) in [4.78, 5) is 13.3. The van der Waals surface area contributed by atoms with Crippen LogP contribution in [0.2, 0.25) is 0 Å². The molecule has 1 saturated heterocycles. The molecule has 1 aromatic rings. The van der Waals surface area contributed by atoms with Crippen molar-refractivity contribution in [3.8, 4) is 0 Å². The molecule has 2 N–H and O–H groups in total. The molecule has 0 aliphatic carbocycles. The fourth-order valence-electron chi connectivity index (χ4n) is 2.55. The van der Waals surface area contributed by atoms with E-state index in [2.05, 4.69) is 32.0 Å². The molecule has 1 fully saturated rings. The van der Waals surface area contributed by atoms with E-state index < -0.39 is 0 Å². The lowest BCUT2D eigenvalue weighted by Crippen LogP contribution is -2.30. The van der Waals surface area contributed by atoms with E-state index in [0.29, 0.717) is 6.42 Å². The number of hydrogen-bond donors (Lipinski definition) is 1. The zero-order valence-electron chi connectivity index (χ0n) is 10.0. The van der Waals surface area contributed by atoms with Gasteiger partial charge in [0.05, 0.1) is 6.04 Å². The largest absolute Gasteiger partial charge is 0.337 e. The first-order valence-corrected chi connectivity index (χ1v) is 5.58. The Balaban J connectivity index is 2.40. The van der Waals surface area contributed by atoms with Gasteiger partial charge in [-0.05, 0) is 19.4 Å². The van der Waals surface area contributed by atoms with Crippen molar-refractivity contribution in [1.82, 2.24) is 4.90 Å². The van der Waals surface area contributed by atoms with Gasteiger partial charge in [0, 0.05) is 19.5 Å². The number of carbonyl (C=O) groups excluding carboxylic acids is 1. The molecule has 0 aromatic heterocycles. The average Bonchev–Trinajstić information content (AvgIpc) is 2.39. The van der Waals surface area contributed by atoms with Crippen LogP contribution in [0.15, 0.2) is 18.2 Å². The van der Waals surface area contributed by atoms with Crippen molar-refractivity contribution >= 4 is 5.91 Å². The number of aryl methyl sites for hydroxylation is 2. The van der Waals surface area contributed by atoms with Crippen LogP contribution in [-0.4, -0.2) is 23.9 Å². The third-order valence-corrected chi connectivity index (χ3v) is 3.21. The van der Waals surface area contributed by atoms with E-state index in [9.17, 15) is 4.79 Å². The van der Waals surface area contributed by atoms with E-state index in [0.717, 1.165) is 5.56 Å². The van der Waals surface area contributed by atoms with Crippen molar-refractivity contribution in [2.45, 2.75) is 32.4 Å². The molecule has 0 unspecified atom stereocenters. The second-order valence-electron chi connectivity index (χ2n) is 4.74. The minimum absolute atomic E-state index is 0.0334. The van der Waals surface area contributed by atoms with Crippen molar-refractivity contribution in [2.75, 3.05) is 7.05 Å². The molecule has 0 saturated carbocycles. The quantitative estimate of drug-likeness (QED) is 0.777. The maximum absolute atomic E-state index is 11.6. The topological polar surface area (TPSA) is 46.3 Å². The summed E-state index contributed by atoms with van der Waals surface area (Å²) in [5, 5.41) is 0. The van der Waals surface area contributed by atoms with Crippen molar-refractivity contribution in [3.05, 3.63) is 34.9 Å². The van der Waals surface area contributed by atoms with E-state index in [1.807, 2.05) is 7.05 Å². The van der Waals surface area contributed by atoms with Gasteiger partial charge >= 0.3 is 0 Å². The van der Waals surface area contributed by atoms with Crippen LogP contribution in [0.25, 0.3) is 0 Å². The number of amides is 1. The van der Waals surface area contributed by atoms with Crippen molar-refractivity contribution in [2.24, 2.45) is 5.73 Å². The van der Waals surface area contributed by atoms with Gasteiger partial charge in [0.15, 0.2) is 0 Å². The van der Waals surface area contributed by atoms with Crippen molar-refractivity contribution in [1.29, 1.82) is 0 Å². The lowest BCUT2D eigenvalue weighted by molar-refractivity contribution is -0.127. The summed E-state index contributed by atoms with van der Waals surface area (Å²) in [6, 6.07) is 6.32. The number of likely N-dealkylation sites (tertiary alicyclic amines) is 1. The van der Waals surface area contributed by atoms with Gasteiger partial charge in [-0.1, -0.05) is 29.3 Å². The van der Waals surface area contributed by atoms with E-state index in [4.69, 9.17) is 5.73 Å². The minimum Gasteiger partial charge on any atom is -0.337 e. The van der Waals surface area contributed by atoms with Crippen LogP contribution in [-0.2, 0) is 4.79 Å². The van der Waals surface area contributed by atoms with Crippen LogP contribution in [0.4, 0.5) is 0 Å². The van der Waals surface area contributed by atoms with Crippen molar-refractivity contribution < 1.29 is 4.79 Å². The van der Waals surface area contributed by atoms with Gasteiger partial charge in [0.25, 0.3) is 0 Å². The zero-order valence-corrected chi connectivity index (χ0v) is 10.0. The maximum atomic E-state index is 11.6. The van der Waals surface area contributed by atoms with Gasteiger partial charge in [-0.3, -0.25) is 4.79 Å². The van der Waals surface area contributed by atoms with E-state index in [-0.39, 0.29) is 18.0 Å². The van der Waals surface area contributed by atoms with E-state index >= 15 is 0 Å². The van der Waals surface area contributed by atoms with Gasteiger partial charge in [-0.25, -0.2) is 0 Å². The van der Waals surface area contributed by atoms with Gasteiger partial charge < -0.3 is 10.6 Å². The number of nitrogens with zero attached hydrogens (tertiary/aromatic N) is 1. The second-order valence-corrected chi connectivity index (χ2v) is 4.74. The molecule has 2 atom stereocenters. The Morgan fingerprint density at radius 1 is 1.25 bits per heavy atom. The average molecular weight is 218 g/mol. The highest BCUT2D eigenvalue weighted by Gasteiger charge is 2.36. The molecule has 1 aromatic carbocycles. The summed E-state index contributed by atoms with van der Waals surface area (Å²) in [5.41, 5.74) is 9.62. The predicted molar refractivity (Wildman–Crippen MR) is 64.0 cm³/mol. The molecular formula is C13H18N2O. The Bertz CT molecular complexity index is 408. The monoisotopic (exact) mass is 218 g/mol. The van der Waals surface area contributed by atoms with Gasteiger partial charge in [0.2, 0.25) is 5.91 Å². The van der Waals surface area contributed by atoms with E-state index in [1.165, 1.54) is 11.1 Å². The summed E-state index contributed by atoms with van der Waals surface area (Å²) in [7, 11) is 1.83.